The number of carbonyl (C=O) groups is 3. The van der Waals surface area contributed by atoms with E-state index >= 15 is 0 Å². The smallest absolute Gasteiger partial charge is 0.310 e. The Morgan fingerprint density at radius 1 is 1.15 bits per heavy atom. The van der Waals surface area contributed by atoms with Crippen LogP contribution < -0.4 is 0 Å². The Bertz CT molecular complexity index is 900. The molecule has 4 aliphatic rings. The summed E-state index contributed by atoms with van der Waals surface area (Å²) in [6, 6.07) is 0. The normalized spacial score (nSPS) is 40.0. The molecule has 0 bridgehead atoms. The van der Waals surface area contributed by atoms with Crippen LogP contribution in [0.5, 0.6) is 0 Å². The molecule has 9 atom stereocenters. The van der Waals surface area contributed by atoms with Gasteiger partial charge in [-0.15, -0.1) is 0 Å². The molecule has 0 aliphatic heterocycles. The number of carboxylic acids is 1. The molecule has 0 radical (unpaired) electrons. The van der Waals surface area contributed by atoms with Crippen molar-refractivity contribution in [3.8, 4) is 0 Å². The lowest BCUT2D eigenvalue weighted by atomic mass is 9.50. The van der Waals surface area contributed by atoms with Gasteiger partial charge in [0.05, 0.1) is 12.0 Å². The number of carbonyl (C=O) groups excluding carboxylic acids is 2. The van der Waals surface area contributed by atoms with Crippen molar-refractivity contribution in [1.82, 2.24) is 0 Å². The first kappa shape index (κ1) is 24.4. The first-order valence-corrected chi connectivity index (χ1v) is 12.9. The lowest BCUT2D eigenvalue weighted by Gasteiger charge is -2.53. The van der Waals surface area contributed by atoms with Crippen molar-refractivity contribution in [3.05, 3.63) is 23.3 Å². The Hall–Kier alpha value is -1.75. The van der Waals surface area contributed by atoms with Crippen molar-refractivity contribution in [2.24, 2.45) is 46.8 Å². The fourth-order valence-corrected chi connectivity index (χ4v) is 7.88. The molecule has 0 heterocycles. The van der Waals surface area contributed by atoms with Crippen LogP contribution in [0, 0.1) is 46.8 Å². The highest BCUT2D eigenvalue weighted by atomic mass is 16.4. The van der Waals surface area contributed by atoms with E-state index in [0.717, 1.165) is 42.4 Å². The molecule has 0 aromatic carbocycles. The van der Waals surface area contributed by atoms with Crippen LogP contribution in [0.4, 0.5) is 0 Å². The minimum Gasteiger partial charge on any atom is -0.481 e. The van der Waals surface area contributed by atoms with E-state index in [1.807, 2.05) is 6.92 Å². The molecule has 0 spiro atoms. The van der Waals surface area contributed by atoms with E-state index in [9.17, 15) is 24.6 Å². The van der Waals surface area contributed by atoms with E-state index in [2.05, 4.69) is 20.4 Å². The van der Waals surface area contributed by atoms with Crippen molar-refractivity contribution in [1.29, 1.82) is 0 Å². The maximum absolute atomic E-state index is 13.6. The Labute approximate surface area is 197 Å². The average molecular weight is 457 g/mol. The molecule has 33 heavy (non-hydrogen) atoms. The molecule has 182 valence electrons. The average Bonchev–Trinajstić information content (AvgIpc) is 3.18. The molecule has 0 aromatic heterocycles. The number of aliphatic hydroxyl groups is 1. The summed E-state index contributed by atoms with van der Waals surface area (Å²) < 4.78 is 0. The quantitative estimate of drug-likeness (QED) is 0.550. The molecule has 2 N–H and O–H groups in total. The summed E-state index contributed by atoms with van der Waals surface area (Å²) in [5.41, 5.74) is 2.12. The zero-order valence-electron chi connectivity index (χ0n) is 20.6. The van der Waals surface area contributed by atoms with Gasteiger partial charge < -0.3 is 10.2 Å². The Morgan fingerprint density at radius 2 is 1.85 bits per heavy atom. The number of hydrogen-bond donors (Lipinski definition) is 2. The minimum atomic E-state index is -0.835. The van der Waals surface area contributed by atoms with Gasteiger partial charge in [0.1, 0.15) is 0 Å². The molecule has 5 heteroatoms. The summed E-state index contributed by atoms with van der Waals surface area (Å²) in [5.74, 6) is 0.153. The Balaban J connectivity index is 1.55. The second-order valence-electron chi connectivity index (χ2n) is 11.8. The van der Waals surface area contributed by atoms with Crippen molar-refractivity contribution in [3.63, 3.8) is 0 Å². The third kappa shape index (κ3) is 3.94. The van der Waals surface area contributed by atoms with Crippen molar-refractivity contribution in [2.75, 3.05) is 0 Å². The standard InChI is InChI=1S/C28H40O5/c1-14(16(3)27(32)33)6-7-15(2)18-8-9-19-20(18)12-24(31)26-25(19)23(30)13-21-17(4)22(29)10-11-28(21,26)5/h15-22,29H,1,6-13H2,2-5H3,(H,32,33). The van der Waals surface area contributed by atoms with E-state index in [-0.39, 0.29) is 46.8 Å². The van der Waals surface area contributed by atoms with Crippen LogP contribution in [0.15, 0.2) is 23.3 Å². The van der Waals surface area contributed by atoms with Crippen LogP contribution in [0.25, 0.3) is 0 Å². The molecule has 2 fully saturated rings. The summed E-state index contributed by atoms with van der Waals surface area (Å²) in [6.07, 6.45) is 5.60. The number of allylic oxidation sites excluding steroid dienone is 2. The zero-order chi connectivity index (χ0) is 24.2. The van der Waals surface area contributed by atoms with Gasteiger partial charge in [-0.05, 0) is 81.0 Å². The van der Waals surface area contributed by atoms with Crippen molar-refractivity contribution < 1.29 is 24.6 Å². The van der Waals surface area contributed by atoms with Gasteiger partial charge in [0.25, 0.3) is 0 Å². The maximum atomic E-state index is 13.6. The number of aliphatic hydroxyl groups excluding tert-OH is 1. The minimum absolute atomic E-state index is 0.0323. The van der Waals surface area contributed by atoms with Crippen molar-refractivity contribution in [2.45, 2.75) is 85.2 Å². The zero-order valence-corrected chi connectivity index (χ0v) is 20.6. The van der Waals surface area contributed by atoms with E-state index in [1.54, 1.807) is 6.92 Å². The highest BCUT2D eigenvalue weighted by molar-refractivity contribution is 6.10. The van der Waals surface area contributed by atoms with Gasteiger partial charge in [0.15, 0.2) is 11.6 Å². The van der Waals surface area contributed by atoms with E-state index in [4.69, 9.17) is 0 Å². The van der Waals surface area contributed by atoms with Crippen LogP contribution in [0.3, 0.4) is 0 Å². The topological polar surface area (TPSA) is 91.7 Å². The van der Waals surface area contributed by atoms with Crippen LogP contribution in [-0.2, 0) is 14.4 Å². The Morgan fingerprint density at radius 3 is 2.52 bits per heavy atom. The summed E-state index contributed by atoms with van der Waals surface area (Å²) in [6.45, 7) is 12.1. The lowest BCUT2D eigenvalue weighted by Crippen LogP contribution is -2.52. The second kappa shape index (κ2) is 8.79. The van der Waals surface area contributed by atoms with Gasteiger partial charge in [0.2, 0.25) is 0 Å². The van der Waals surface area contributed by atoms with Crippen molar-refractivity contribution >= 4 is 17.5 Å². The maximum Gasteiger partial charge on any atom is 0.310 e. The number of rotatable bonds is 6. The summed E-state index contributed by atoms with van der Waals surface area (Å²) in [5, 5.41) is 19.7. The molecule has 9 unspecified atom stereocenters. The third-order valence-electron chi connectivity index (χ3n) is 10.1. The highest BCUT2D eigenvalue weighted by Gasteiger charge is 2.57. The van der Waals surface area contributed by atoms with E-state index < -0.39 is 11.9 Å². The largest absolute Gasteiger partial charge is 0.481 e. The number of hydrogen-bond acceptors (Lipinski definition) is 4. The van der Waals surface area contributed by atoms with Crippen LogP contribution in [0.1, 0.15) is 79.1 Å². The molecule has 0 amide bonds. The van der Waals surface area contributed by atoms with Gasteiger partial charge in [-0.25, -0.2) is 0 Å². The second-order valence-corrected chi connectivity index (χ2v) is 11.8. The molecule has 5 nitrogen and oxygen atoms in total. The SMILES string of the molecule is C=C(CCC(C)C1CCC2C3=C(C(=O)CC21)C1(C)CCC(O)C(C)C1CC3=O)C(C)C(=O)O. The summed E-state index contributed by atoms with van der Waals surface area (Å²) in [7, 11) is 0. The Kier molecular flexibility index (Phi) is 6.50. The lowest BCUT2D eigenvalue weighted by molar-refractivity contribution is -0.139. The number of ketones is 2. The number of Topliss-reactive ketones (excluding diaryl/α,β-unsaturated/α-hetero) is 2. The number of aliphatic carboxylic acids is 1. The molecule has 4 aliphatic carbocycles. The number of carboxylic acid groups (broad SMARTS) is 1. The van der Waals surface area contributed by atoms with E-state index in [1.165, 1.54) is 0 Å². The van der Waals surface area contributed by atoms with E-state index in [0.29, 0.717) is 37.5 Å². The van der Waals surface area contributed by atoms with Crippen LogP contribution >= 0.6 is 0 Å². The first-order chi connectivity index (χ1) is 15.5. The fourth-order valence-electron chi connectivity index (χ4n) is 7.88. The monoisotopic (exact) mass is 456 g/mol. The van der Waals surface area contributed by atoms with Gasteiger partial charge in [-0.3, -0.25) is 14.4 Å². The molecule has 0 saturated heterocycles. The predicted molar refractivity (Wildman–Crippen MR) is 126 cm³/mol. The fraction of sp³-hybridized carbons (Fsp3) is 0.750. The first-order valence-electron chi connectivity index (χ1n) is 12.9. The van der Waals surface area contributed by atoms with Gasteiger partial charge >= 0.3 is 5.97 Å². The molecular formula is C28H40O5. The predicted octanol–water partition coefficient (Wildman–Crippen LogP) is 4.98. The van der Waals surface area contributed by atoms with Gasteiger partial charge in [-0.1, -0.05) is 32.9 Å². The highest BCUT2D eigenvalue weighted by Crippen LogP contribution is 2.60. The number of fused-ring (bicyclic) bond motifs is 4. The molecule has 2 saturated carbocycles. The summed E-state index contributed by atoms with van der Waals surface area (Å²) in [4.78, 5) is 38.3. The molecular weight excluding hydrogens is 416 g/mol. The van der Waals surface area contributed by atoms with Gasteiger partial charge in [0, 0.05) is 29.4 Å². The molecule has 4 rings (SSSR count). The molecule has 0 aromatic rings. The van der Waals surface area contributed by atoms with Crippen LogP contribution in [0.2, 0.25) is 0 Å². The summed E-state index contributed by atoms with van der Waals surface area (Å²) >= 11 is 0. The van der Waals surface area contributed by atoms with Crippen LogP contribution in [-0.4, -0.2) is 33.9 Å². The third-order valence-corrected chi connectivity index (χ3v) is 10.1. The van der Waals surface area contributed by atoms with Gasteiger partial charge in [-0.2, -0.15) is 0 Å².